The van der Waals surface area contributed by atoms with Crippen LogP contribution in [0.3, 0.4) is 0 Å². The molecule has 3 rings (SSSR count). The summed E-state index contributed by atoms with van der Waals surface area (Å²) in [6.45, 7) is 5.28. The van der Waals surface area contributed by atoms with E-state index in [1.165, 1.54) is 19.3 Å². The largest absolute Gasteiger partial charge is 0.389 e. The Balaban J connectivity index is 0.00000363. The van der Waals surface area contributed by atoms with Crippen LogP contribution < -0.4 is 10.6 Å². The first kappa shape index (κ1) is 26.9. The number of aliphatic hydroxyl groups excluding tert-OH is 1. The van der Waals surface area contributed by atoms with E-state index in [0.29, 0.717) is 18.5 Å². The summed E-state index contributed by atoms with van der Waals surface area (Å²) >= 11 is 0. The van der Waals surface area contributed by atoms with Crippen molar-refractivity contribution in [1.29, 1.82) is 0 Å². The molecule has 1 aliphatic carbocycles. The van der Waals surface area contributed by atoms with Crippen LogP contribution >= 0.6 is 24.0 Å². The second kappa shape index (κ2) is 14.7. The summed E-state index contributed by atoms with van der Waals surface area (Å²) in [5.74, 6) is 1.24. The van der Waals surface area contributed by atoms with Crippen molar-refractivity contribution in [3.8, 4) is 0 Å². The first-order valence-corrected chi connectivity index (χ1v) is 11.8. The smallest absolute Gasteiger partial charge is 0.225 e. The molecule has 0 aromatic heterocycles. The first-order chi connectivity index (χ1) is 15.2. The van der Waals surface area contributed by atoms with E-state index < -0.39 is 6.10 Å². The fourth-order valence-electron chi connectivity index (χ4n) is 4.34. The van der Waals surface area contributed by atoms with Crippen LogP contribution in [0.15, 0.2) is 35.3 Å². The lowest BCUT2D eigenvalue weighted by atomic mass is 9.88. The Hall–Kier alpha value is -1.39. The molecule has 1 amide bonds. The second-order valence-electron chi connectivity index (χ2n) is 8.62. The summed E-state index contributed by atoms with van der Waals surface area (Å²) < 4.78 is 5.60. The van der Waals surface area contributed by atoms with Gasteiger partial charge in [0, 0.05) is 31.6 Å². The van der Waals surface area contributed by atoms with Crippen molar-refractivity contribution in [1.82, 2.24) is 15.5 Å². The van der Waals surface area contributed by atoms with Crippen LogP contribution in [0.1, 0.15) is 51.0 Å². The van der Waals surface area contributed by atoms with Gasteiger partial charge in [-0.25, -0.2) is 0 Å². The summed E-state index contributed by atoms with van der Waals surface area (Å²) in [6.07, 6.45) is 5.97. The molecule has 7 nitrogen and oxygen atoms in total. The SMILES string of the molecule is CCNC(=NCC(O)COCc1ccccc1)NC1CCN(C(=O)C2CCCCC2)C1.I. The van der Waals surface area contributed by atoms with Crippen molar-refractivity contribution >= 4 is 35.8 Å². The summed E-state index contributed by atoms with van der Waals surface area (Å²) in [5.41, 5.74) is 1.08. The van der Waals surface area contributed by atoms with E-state index in [9.17, 15) is 9.90 Å². The van der Waals surface area contributed by atoms with Gasteiger partial charge in [-0.05, 0) is 31.7 Å². The lowest BCUT2D eigenvalue weighted by molar-refractivity contribution is -0.135. The van der Waals surface area contributed by atoms with E-state index in [-0.39, 0.29) is 49.1 Å². The maximum atomic E-state index is 12.8. The molecular weight excluding hydrogens is 519 g/mol. The van der Waals surface area contributed by atoms with Gasteiger partial charge in [-0.15, -0.1) is 24.0 Å². The van der Waals surface area contributed by atoms with Gasteiger partial charge < -0.3 is 25.4 Å². The maximum Gasteiger partial charge on any atom is 0.225 e. The number of amides is 1. The molecule has 1 aromatic carbocycles. The highest BCUT2D eigenvalue weighted by molar-refractivity contribution is 14.0. The molecule has 0 radical (unpaired) electrons. The highest BCUT2D eigenvalue weighted by Crippen LogP contribution is 2.26. The fourth-order valence-corrected chi connectivity index (χ4v) is 4.34. The number of ether oxygens (including phenoxy) is 1. The number of guanidine groups is 1. The lowest BCUT2D eigenvalue weighted by Gasteiger charge is -2.26. The molecule has 8 heteroatoms. The summed E-state index contributed by atoms with van der Waals surface area (Å²) in [5, 5.41) is 16.9. The molecule has 1 aromatic rings. The maximum absolute atomic E-state index is 12.8. The molecule has 0 spiro atoms. The molecule has 1 aliphatic heterocycles. The van der Waals surface area contributed by atoms with Crippen LogP contribution in [0.2, 0.25) is 0 Å². The monoisotopic (exact) mass is 558 g/mol. The number of nitrogens with zero attached hydrogens (tertiary/aromatic N) is 2. The number of likely N-dealkylation sites (tertiary alicyclic amines) is 1. The molecule has 2 fully saturated rings. The van der Waals surface area contributed by atoms with Gasteiger partial charge in [-0.1, -0.05) is 49.6 Å². The van der Waals surface area contributed by atoms with Crippen molar-refractivity contribution in [2.75, 3.05) is 32.8 Å². The van der Waals surface area contributed by atoms with Crippen molar-refractivity contribution in [3.63, 3.8) is 0 Å². The Bertz CT molecular complexity index is 698. The van der Waals surface area contributed by atoms with Gasteiger partial charge in [0.25, 0.3) is 0 Å². The van der Waals surface area contributed by atoms with Gasteiger partial charge in [-0.3, -0.25) is 9.79 Å². The quantitative estimate of drug-likeness (QED) is 0.247. The van der Waals surface area contributed by atoms with E-state index in [1.807, 2.05) is 42.2 Å². The molecule has 180 valence electrons. The van der Waals surface area contributed by atoms with Gasteiger partial charge in [0.1, 0.15) is 0 Å². The van der Waals surface area contributed by atoms with Crippen molar-refractivity contribution in [2.45, 2.75) is 64.2 Å². The topological polar surface area (TPSA) is 86.2 Å². The number of rotatable bonds is 9. The average molecular weight is 559 g/mol. The molecule has 1 saturated carbocycles. The predicted molar refractivity (Wildman–Crippen MR) is 138 cm³/mol. The van der Waals surface area contributed by atoms with Gasteiger partial charge in [-0.2, -0.15) is 0 Å². The van der Waals surface area contributed by atoms with Gasteiger partial charge in [0.05, 0.1) is 25.9 Å². The van der Waals surface area contributed by atoms with E-state index in [2.05, 4.69) is 15.6 Å². The van der Waals surface area contributed by atoms with Crippen LogP contribution in [0.25, 0.3) is 0 Å². The molecule has 1 saturated heterocycles. The van der Waals surface area contributed by atoms with Gasteiger partial charge in [0.15, 0.2) is 5.96 Å². The average Bonchev–Trinajstić information content (AvgIpc) is 3.27. The molecule has 0 bridgehead atoms. The minimum Gasteiger partial charge on any atom is -0.389 e. The zero-order valence-corrected chi connectivity index (χ0v) is 21.5. The van der Waals surface area contributed by atoms with Crippen LogP contribution in [0.5, 0.6) is 0 Å². The van der Waals surface area contributed by atoms with Gasteiger partial charge in [0.2, 0.25) is 5.91 Å². The highest BCUT2D eigenvalue weighted by Gasteiger charge is 2.31. The van der Waals surface area contributed by atoms with Crippen molar-refractivity contribution in [2.24, 2.45) is 10.9 Å². The van der Waals surface area contributed by atoms with Crippen LogP contribution in [0.4, 0.5) is 0 Å². The van der Waals surface area contributed by atoms with Gasteiger partial charge >= 0.3 is 0 Å². The third-order valence-electron chi connectivity index (χ3n) is 6.02. The summed E-state index contributed by atoms with van der Waals surface area (Å²) in [4.78, 5) is 19.3. The third-order valence-corrected chi connectivity index (χ3v) is 6.02. The Morgan fingerprint density at radius 3 is 2.69 bits per heavy atom. The number of hydrogen-bond acceptors (Lipinski definition) is 4. The molecule has 2 aliphatic rings. The van der Waals surface area contributed by atoms with E-state index >= 15 is 0 Å². The number of aliphatic hydroxyl groups is 1. The highest BCUT2D eigenvalue weighted by atomic mass is 127. The molecular formula is C24H39IN4O3. The molecule has 32 heavy (non-hydrogen) atoms. The lowest BCUT2D eigenvalue weighted by Crippen LogP contribution is -2.46. The Kier molecular flexibility index (Phi) is 12.3. The predicted octanol–water partition coefficient (Wildman–Crippen LogP) is 2.92. The Morgan fingerprint density at radius 1 is 1.22 bits per heavy atom. The minimum atomic E-state index is -0.660. The third kappa shape index (κ3) is 8.86. The van der Waals surface area contributed by atoms with Crippen molar-refractivity contribution < 1.29 is 14.6 Å². The van der Waals surface area contributed by atoms with Crippen molar-refractivity contribution in [3.05, 3.63) is 35.9 Å². The Labute approximate surface area is 209 Å². The number of carbonyl (C=O) groups is 1. The number of aliphatic imine (C=N–C) groups is 1. The second-order valence-corrected chi connectivity index (χ2v) is 8.62. The number of halogens is 1. The standard InChI is InChI=1S/C24H38N4O3.HI/c1-2-25-24(26-15-22(29)18-31-17-19-9-5-3-6-10-19)27-21-13-14-28(16-21)23(30)20-11-7-4-8-12-20;/h3,5-6,9-10,20-22,29H,2,4,7-8,11-18H2,1H3,(H2,25,26,27);1H. The van der Waals surface area contributed by atoms with E-state index in [0.717, 1.165) is 44.5 Å². The zero-order chi connectivity index (χ0) is 21.9. The molecule has 2 atom stereocenters. The molecule has 3 N–H and O–H groups in total. The van der Waals surface area contributed by atoms with Crippen LogP contribution in [0, 0.1) is 5.92 Å². The number of nitrogens with one attached hydrogen (secondary N) is 2. The number of carbonyl (C=O) groups excluding carboxylic acids is 1. The normalized spacial score (nSPS) is 20.5. The molecule has 2 unspecified atom stereocenters. The first-order valence-electron chi connectivity index (χ1n) is 11.8. The number of benzene rings is 1. The van der Waals surface area contributed by atoms with E-state index in [4.69, 9.17) is 4.74 Å². The zero-order valence-electron chi connectivity index (χ0n) is 19.2. The fraction of sp³-hybridized carbons (Fsp3) is 0.667. The summed E-state index contributed by atoms with van der Waals surface area (Å²) in [7, 11) is 0. The number of hydrogen-bond donors (Lipinski definition) is 3. The Morgan fingerprint density at radius 2 is 1.97 bits per heavy atom. The van der Waals surface area contributed by atoms with Crippen LogP contribution in [-0.2, 0) is 16.1 Å². The minimum absolute atomic E-state index is 0. The van der Waals surface area contributed by atoms with E-state index in [1.54, 1.807) is 0 Å². The molecule has 1 heterocycles. The van der Waals surface area contributed by atoms with Crippen LogP contribution in [-0.4, -0.2) is 66.8 Å². The summed E-state index contributed by atoms with van der Waals surface area (Å²) in [6, 6.07) is 10.1.